The highest BCUT2D eigenvalue weighted by molar-refractivity contribution is 5.85. The zero-order valence-electron chi connectivity index (χ0n) is 9.31. The minimum atomic E-state index is -0.170. The lowest BCUT2D eigenvalue weighted by molar-refractivity contribution is 0.495. The van der Waals surface area contributed by atoms with E-state index in [1.807, 2.05) is 13.1 Å². The Morgan fingerprint density at radius 3 is 3.12 bits per heavy atom. The van der Waals surface area contributed by atoms with E-state index >= 15 is 0 Å². The van der Waals surface area contributed by atoms with E-state index in [9.17, 15) is 4.39 Å². The number of hydrogen-bond acceptors (Lipinski definition) is 1. The third-order valence-electron chi connectivity index (χ3n) is 3.56. The molecule has 84 valence electrons. The summed E-state index contributed by atoms with van der Waals surface area (Å²) >= 11 is 0. The van der Waals surface area contributed by atoms with Crippen molar-refractivity contribution in [2.75, 3.05) is 7.05 Å². The van der Waals surface area contributed by atoms with Crippen molar-refractivity contribution in [1.29, 1.82) is 0 Å². The van der Waals surface area contributed by atoms with E-state index in [1.54, 1.807) is 12.1 Å². The zero-order chi connectivity index (χ0) is 11.1. The van der Waals surface area contributed by atoms with E-state index in [0.717, 1.165) is 24.8 Å². The molecule has 0 spiro atoms. The molecule has 16 heavy (non-hydrogen) atoms. The van der Waals surface area contributed by atoms with E-state index in [0.29, 0.717) is 6.04 Å². The number of H-pyrrole nitrogens is 1. The first kappa shape index (κ1) is 9.85. The first-order valence-corrected chi connectivity index (χ1v) is 5.74. The molecule has 2 aromatic rings. The third-order valence-corrected chi connectivity index (χ3v) is 3.56. The van der Waals surface area contributed by atoms with Crippen LogP contribution in [0.25, 0.3) is 10.9 Å². The lowest BCUT2D eigenvalue weighted by Crippen LogP contribution is -2.31. The second-order valence-corrected chi connectivity index (χ2v) is 4.50. The number of fused-ring (bicyclic) bond motifs is 3. The van der Waals surface area contributed by atoms with E-state index in [4.69, 9.17) is 0 Å². The normalized spacial score (nSPS) is 20.0. The highest BCUT2D eigenvalue weighted by Crippen LogP contribution is 2.29. The first-order chi connectivity index (χ1) is 7.78. The van der Waals surface area contributed by atoms with Gasteiger partial charge < -0.3 is 10.3 Å². The van der Waals surface area contributed by atoms with E-state index in [-0.39, 0.29) is 5.82 Å². The van der Waals surface area contributed by atoms with Crippen molar-refractivity contribution in [3.63, 3.8) is 0 Å². The molecule has 0 radical (unpaired) electrons. The lowest BCUT2D eigenvalue weighted by atomic mass is 9.91. The van der Waals surface area contributed by atoms with Gasteiger partial charge in [-0.1, -0.05) is 0 Å². The highest BCUT2D eigenvalue weighted by Gasteiger charge is 2.21. The van der Waals surface area contributed by atoms with Gasteiger partial charge in [-0.25, -0.2) is 4.39 Å². The summed E-state index contributed by atoms with van der Waals surface area (Å²) in [4.78, 5) is 3.33. The number of benzene rings is 1. The van der Waals surface area contributed by atoms with Gasteiger partial charge in [-0.3, -0.25) is 0 Å². The van der Waals surface area contributed by atoms with Crippen molar-refractivity contribution in [1.82, 2.24) is 10.3 Å². The quantitative estimate of drug-likeness (QED) is 0.755. The summed E-state index contributed by atoms with van der Waals surface area (Å²) in [6, 6.07) is 5.57. The molecule has 0 fully saturated rings. The maximum Gasteiger partial charge on any atom is 0.125 e. The summed E-state index contributed by atoms with van der Waals surface area (Å²) in [5, 5.41) is 4.50. The van der Waals surface area contributed by atoms with Gasteiger partial charge in [0.15, 0.2) is 0 Å². The molecule has 1 aromatic carbocycles. The monoisotopic (exact) mass is 218 g/mol. The summed E-state index contributed by atoms with van der Waals surface area (Å²) < 4.78 is 13.1. The molecule has 0 saturated carbocycles. The van der Waals surface area contributed by atoms with E-state index in [2.05, 4.69) is 10.3 Å². The van der Waals surface area contributed by atoms with Gasteiger partial charge in [-0.05, 0) is 50.1 Å². The highest BCUT2D eigenvalue weighted by atomic mass is 19.1. The molecule has 1 aromatic heterocycles. The van der Waals surface area contributed by atoms with Gasteiger partial charge in [-0.2, -0.15) is 0 Å². The van der Waals surface area contributed by atoms with Crippen LogP contribution < -0.4 is 5.32 Å². The molecule has 0 aliphatic heterocycles. The van der Waals surface area contributed by atoms with Crippen molar-refractivity contribution < 1.29 is 4.39 Å². The Balaban J connectivity index is 2.14. The molecule has 2 N–H and O–H groups in total. The number of nitrogens with one attached hydrogen (secondary N) is 2. The lowest BCUT2D eigenvalue weighted by Gasteiger charge is -2.21. The Labute approximate surface area is 93.9 Å². The molecule has 3 rings (SSSR count). The largest absolute Gasteiger partial charge is 0.358 e. The number of aryl methyl sites for hydroxylation is 1. The predicted octanol–water partition coefficient (Wildman–Crippen LogP) is 2.38. The van der Waals surface area contributed by atoms with Crippen LogP contribution in [0, 0.1) is 5.82 Å². The Hall–Kier alpha value is -1.35. The van der Waals surface area contributed by atoms with Crippen LogP contribution in [0.5, 0.6) is 0 Å². The van der Waals surface area contributed by atoms with Crippen LogP contribution >= 0.6 is 0 Å². The molecule has 0 amide bonds. The third kappa shape index (κ3) is 1.43. The molecular weight excluding hydrogens is 203 g/mol. The number of likely N-dealkylation sites (N-methyl/N-ethyl adjacent to an activating group) is 1. The van der Waals surface area contributed by atoms with Crippen molar-refractivity contribution in [3.8, 4) is 0 Å². The van der Waals surface area contributed by atoms with Crippen molar-refractivity contribution in [2.24, 2.45) is 0 Å². The summed E-state index contributed by atoms with van der Waals surface area (Å²) in [6.07, 6.45) is 3.24. The average molecular weight is 218 g/mol. The van der Waals surface area contributed by atoms with Crippen molar-refractivity contribution >= 4 is 10.9 Å². The molecule has 1 aliphatic rings. The molecule has 1 aliphatic carbocycles. The number of aromatic nitrogens is 1. The first-order valence-electron chi connectivity index (χ1n) is 5.74. The number of hydrogen-bond donors (Lipinski definition) is 2. The van der Waals surface area contributed by atoms with Gasteiger partial charge in [0, 0.05) is 22.6 Å². The Kier molecular flexibility index (Phi) is 2.21. The van der Waals surface area contributed by atoms with Gasteiger partial charge >= 0.3 is 0 Å². The van der Waals surface area contributed by atoms with Gasteiger partial charge in [0.1, 0.15) is 5.82 Å². The van der Waals surface area contributed by atoms with Gasteiger partial charge in [0.2, 0.25) is 0 Å². The van der Waals surface area contributed by atoms with Crippen LogP contribution in [0.4, 0.5) is 4.39 Å². The molecule has 0 saturated heterocycles. The maximum absolute atomic E-state index is 13.1. The van der Waals surface area contributed by atoms with Crippen LogP contribution in [0.2, 0.25) is 0 Å². The van der Waals surface area contributed by atoms with E-state index < -0.39 is 0 Å². The molecule has 1 heterocycles. The Morgan fingerprint density at radius 1 is 1.44 bits per heavy atom. The fourth-order valence-electron chi connectivity index (χ4n) is 2.64. The van der Waals surface area contributed by atoms with Crippen molar-refractivity contribution in [2.45, 2.75) is 25.3 Å². The van der Waals surface area contributed by atoms with Crippen molar-refractivity contribution in [3.05, 3.63) is 35.3 Å². The molecule has 3 heteroatoms. The fourth-order valence-corrected chi connectivity index (χ4v) is 2.64. The molecule has 0 bridgehead atoms. The molecule has 2 nitrogen and oxygen atoms in total. The zero-order valence-corrected chi connectivity index (χ0v) is 9.31. The number of rotatable bonds is 1. The Morgan fingerprint density at radius 2 is 2.31 bits per heavy atom. The summed E-state index contributed by atoms with van der Waals surface area (Å²) in [6.45, 7) is 0. The summed E-state index contributed by atoms with van der Waals surface area (Å²) in [7, 11) is 2.00. The van der Waals surface area contributed by atoms with Crippen LogP contribution in [0.1, 0.15) is 17.7 Å². The standard InChI is InChI=1S/C13H15FN2/c1-15-9-3-5-12-11(7-9)10-4-2-8(14)6-13(10)16-12/h2,4,6,9,15-16H,3,5,7H2,1H3. The number of halogens is 1. The van der Waals surface area contributed by atoms with Crippen LogP contribution in [-0.4, -0.2) is 18.1 Å². The van der Waals surface area contributed by atoms with Gasteiger partial charge in [0.05, 0.1) is 0 Å². The Bertz CT molecular complexity index is 530. The summed E-state index contributed by atoms with van der Waals surface area (Å²) in [5.41, 5.74) is 3.58. The molecule has 1 unspecified atom stereocenters. The SMILES string of the molecule is CNC1CCc2[nH]c3cc(F)ccc3c2C1. The van der Waals surface area contributed by atoms with Crippen LogP contribution in [-0.2, 0) is 12.8 Å². The van der Waals surface area contributed by atoms with Crippen LogP contribution in [0.15, 0.2) is 18.2 Å². The smallest absolute Gasteiger partial charge is 0.125 e. The van der Waals surface area contributed by atoms with Crippen LogP contribution in [0.3, 0.4) is 0 Å². The minimum absolute atomic E-state index is 0.170. The van der Waals surface area contributed by atoms with Gasteiger partial charge in [0.25, 0.3) is 0 Å². The topological polar surface area (TPSA) is 27.8 Å². The minimum Gasteiger partial charge on any atom is -0.358 e. The average Bonchev–Trinajstić information content (AvgIpc) is 2.65. The van der Waals surface area contributed by atoms with E-state index in [1.165, 1.54) is 16.6 Å². The second kappa shape index (κ2) is 3.59. The predicted molar refractivity (Wildman–Crippen MR) is 63.1 cm³/mol. The maximum atomic E-state index is 13.1. The second-order valence-electron chi connectivity index (χ2n) is 4.50. The number of aromatic amines is 1. The van der Waals surface area contributed by atoms with Gasteiger partial charge in [-0.15, -0.1) is 0 Å². The molecule has 1 atom stereocenters. The molecular formula is C13H15FN2. The summed E-state index contributed by atoms with van der Waals surface area (Å²) in [5.74, 6) is -0.170. The fraction of sp³-hybridized carbons (Fsp3) is 0.385.